The molecular formula is C17H23F2N5O4S. The van der Waals surface area contributed by atoms with Gasteiger partial charge in [-0.05, 0) is 26.7 Å². The summed E-state index contributed by atoms with van der Waals surface area (Å²) in [6.07, 6.45) is 3.42. The van der Waals surface area contributed by atoms with Crippen molar-refractivity contribution in [3.63, 3.8) is 0 Å². The van der Waals surface area contributed by atoms with Gasteiger partial charge in [0.25, 0.3) is 0 Å². The number of carbonyl (C=O) groups excluding carboxylic acids is 1. The maximum Gasteiger partial charge on any atom is 0.319 e. The highest BCUT2D eigenvalue weighted by Crippen LogP contribution is 2.28. The predicted octanol–water partition coefficient (Wildman–Crippen LogP) is 1.94. The predicted molar refractivity (Wildman–Crippen MR) is 97.4 cm³/mol. The Kier molecular flexibility index (Phi) is 6.03. The van der Waals surface area contributed by atoms with Gasteiger partial charge in [0, 0.05) is 32.5 Å². The Balaban J connectivity index is 1.73. The Labute approximate surface area is 167 Å². The molecule has 9 nitrogen and oxygen atoms in total. The number of hydrogen-bond donors (Lipinski definition) is 0. The fourth-order valence-electron chi connectivity index (χ4n) is 3.58. The number of hydrogen-bond acceptors (Lipinski definition) is 6. The lowest BCUT2D eigenvalue weighted by Gasteiger charge is -2.33. The number of amides is 1. The minimum absolute atomic E-state index is 0.0128. The van der Waals surface area contributed by atoms with Crippen LogP contribution in [-0.4, -0.2) is 58.4 Å². The molecule has 1 aliphatic rings. The molecule has 1 atom stereocenters. The first-order valence-electron chi connectivity index (χ1n) is 9.10. The van der Waals surface area contributed by atoms with Gasteiger partial charge in [-0.25, -0.2) is 13.4 Å². The maximum absolute atomic E-state index is 13.0. The summed E-state index contributed by atoms with van der Waals surface area (Å²) in [7, 11) is -2.35. The first-order chi connectivity index (χ1) is 13.6. The summed E-state index contributed by atoms with van der Waals surface area (Å²) in [4.78, 5) is 18.1. The van der Waals surface area contributed by atoms with Crippen LogP contribution in [0.3, 0.4) is 0 Å². The molecule has 1 fully saturated rings. The average Bonchev–Trinajstić information content (AvgIpc) is 3.27. The number of nitrogens with zero attached hydrogens (tertiary/aromatic N) is 5. The monoisotopic (exact) mass is 431 g/mol. The molecule has 2 aromatic rings. The van der Waals surface area contributed by atoms with Gasteiger partial charge in [0.2, 0.25) is 15.9 Å². The summed E-state index contributed by atoms with van der Waals surface area (Å²) < 4.78 is 58.9. The highest BCUT2D eigenvalue weighted by atomic mass is 32.2. The largest absolute Gasteiger partial charge is 0.360 e. The number of carbonyl (C=O) groups is 1. The molecule has 2 aromatic heterocycles. The van der Waals surface area contributed by atoms with E-state index in [-0.39, 0.29) is 47.7 Å². The molecule has 29 heavy (non-hydrogen) atoms. The van der Waals surface area contributed by atoms with Crippen molar-refractivity contribution in [2.75, 3.05) is 20.1 Å². The minimum atomic E-state index is -3.85. The second kappa shape index (κ2) is 8.19. The zero-order chi connectivity index (χ0) is 21.3. The van der Waals surface area contributed by atoms with Crippen molar-refractivity contribution in [2.24, 2.45) is 5.92 Å². The Morgan fingerprint density at radius 2 is 2.14 bits per heavy atom. The Morgan fingerprint density at radius 1 is 1.41 bits per heavy atom. The van der Waals surface area contributed by atoms with Gasteiger partial charge in [-0.3, -0.25) is 9.36 Å². The van der Waals surface area contributed by atoms with E-state index < -0.39 is 22.5 Å². The topological polar surface area (TPSA) is 102 Å². The lowest BCUT2D eigenvalue weighted by atomic mass is 9.98. The van der Waals surface area contributed by atoms with Crippen molar-refractivity contribution < 1.29 is 26.5 Å². The third kappa shape index (κ3) is 4.17. The molecule has 0 N–H and O–H groups in total. The normalized spacial score (nSPS) is 18.3. The van der Waals surface area contributed by atoms with Crippen LogP contribution in [0.25, 0.3) is 0 Å². The molecule has 3 rings (SSSR count). The van der Waals surface area contributed by atoms with Crippen molar-refractivity contribution in [1.29, 1.82) is 0 Å². The number of sulfonamides is 1. The van der Waals surface area contributed by atoms with Gasteiger partial charge in [0.1, 0.15) is 16.4 Å². The van der Waals surface area contributed by atoms with Crippen LogP contribution in [0, 0.1) is 19.8 Å². The van der Waals surface area contributed by atoms with Gasteiger partial charge in [-0.15, -0.1) is 0 Å². The number of halogens is 2. The number of rotatable bonds is 6. The van der Waals surface area contributed by atoms with Gasteiger partial charge < -0.3 is 9.42 Å². The van der Waals surface area contributed by atoms with Crippen molar-refractivity contribution in [1.82, 2.24) is 23.9 Å². The van der Waals surface area contributed by atoms with Crippen molar-refractivity contribution in [3.05, 3.63) is 29.7 Å². The van der Waals surface area contributed by atoms with Gasteiger partial charge in [0.05, 0.1) is 12.5 Å². The smallest absolute Gasteiger partial charge is 0.319 e. The SMILES string of the molecule is Cc1noc(C)c1S(=O)(=O)N1CCCC(C(=O)N(C)Cc2nccn2C(F)F)C1. The van der Waals surface area contributed by atoms with E-state index in [9.17, 15) is 22.0 Å². The van der Waals surface area contributed by atoms with Gasteiger partial charge in [0.15, 0.2) is 5.76 Å². The Hall–Kier alpha value is -2.34. The molecule has 1 amide bonds. The Bertz CT molecular complexity index is 968. The number of alkyl halides is 2. The molecule has 0 spiro atoms. The van der Waals surface area contributed by atoms with Gasteiger partial charge in [-0.2, -0.15) is 13.1 Å². The first-order valence-corrected chi connectivity index (χ1v) is 10.5. The van der Waals surface area contributed by atoms with Crippen LogP contribution in [0.5, 0.6) is 0 Å². The zero-order valence-corrected chi connectivity index (χ0v) is 17.2. The highest BCUT2D eigenvalue weighted by molar-refractivity contribution is 7.89. The first kappa shape index (κ1) is 21.4. The molecule has 3 heterocycles. The van der Waals surface area contributed by atoms with E-state index in [4.69, 9.17) is 4.52 Å². The third-order valence-corrected chi connectivity index (χ3v) is 7.12. The summed E-state index contributed by atoms with van der Waals surface area (Å²) in [6, 6.07) is 0. The molecule has 0 aromatic carbocycles. The Morgan fingerprint density at radius 3 is 2.76 bits per heavy atom. The molecule has 0 radical (unpaired) electrons. The van der Waals surface area contributed by atoms with Crippen molar-refractivity contribution in [2.45, 2.75) is 44.7 Å². The summed E-state index contributed by atoms with van der Waals surface area (Å²) in [6.45, 7) is 0.534. The van der Waals surface area contributed by atoms with Crippen LogP contribution in [0.4, 0.5) is 8.78 Å². The molecule has 1 saturated heterocycles. The minimum Gasteiger partial charge on any atom is -0.360 e. The number of aromatic nitrogens is 3. The summed E-state index contributed by atoms with van der Waals surface area (Å²) in [5.74, 6) is -0.620. The quantitative estimate of drug-likeness (QED) is 0.693. The van der Waals surface area contributed by atoms with E-state index >= 15 is 0 Å². The van der Waals surface area contributed by atoms with Gasteiger partial charge in [-0.1, -0.05) is 5.16 Å². The molecule has 1 unspecified atom stereocenters. The third-order valence-electron chi connectivity index (χ3n) is 5.01. The van der Waals surface area contributed by atoms with Crippen LogP contribution < -0.4 is 0 Å². The molecule has 1 aliphatic heterocycles. The molecule has 12 heteroatoms. The molecule has 160 valence electrons. The van der Waals surface area contributed by atoms with Crippen LogP contribution in [-0.2, 0) is 21.4 Å². The number of imidazole rings is 1. The second-order valence-electron chi connectivity index (χ2n) is 7.08. The van der Waals surface area contributed by atoms with Crippen LogP contribution in [0.2, 0.25) is 0 Å². The van der Waals surface area contributed by atoms with Crippen LogP contribution >= 0.6 is 0 Å². The molecule has 0 saturated carbocycles. The number of piperidine rings is 1. The van der Waals surface area contributed by atoms with Gasteiger partial charge >= 0.3 is 6.55 Å². The van der Waals surface area contributed by atoms with E-state index in [1.54, 1.807) is 6.92 Å². The van der Waals surface area contributed by atoms with Crippen LogP contribution in [0.1, 0.15) is 36.7 Å². The lowest BCUT2D eigenvalue weighted by Crippen LogP contribution is -2.46. The van der Waals surface area contributed by atoms with E-state index in [1.807, 2.05) is 0 Å². The fraction of sp³-hybridized carbons (Fsp3) is 0.588. The second-order valence-corrected chi connectivity index (χ2v) is 8.95. The molecular weight excluding hydrogens is 408 g/mol. The van der Waals surface area contributed by atoms with E-state index in [2.05, 4.69) is 10.1 Å². The fourth-order valence-corrected chi connectivity index (χ4v) is 5.40. The lowest BCUT2D eigenvalue weighted by molar-refractivity contribution is -0.136. The zero-order valence-electron chi connectivity index (χ0n) is 16.4. The number of aryl methyl sites for hydroxylation is 2. The summed E-state index contributed by atoms with van der Waals surface area (Å²) in [5.41, 5.74) is 0.270. The van der Waals surface area contributed by atoms with E-state index in [1.165, 1.54) is 29.4 Å². The molecule has 0 aliphatic carbocycles. The van der Waals surface area contributed by atoms with E-state index in [0.717, 1.165) is 6.20 Å². The molecule has 0 bridgehead atoms. The van der Waals surface area contributed by atoms with Crippen molar-refractivity contribution >= 4 is 15.9 Å². The van der Waals surface area contributed by atoms with Crippen LogP contribution in [0.15, 0.2) is 21.8 Å². The standard InChI is InChI=1S/C17H23F2N5O4S/c1-11-15(12(2)28-21-11)29(26,27)23-7-4-5-13(9-23)16(25)22(3)10-14-20-6-8-24(14)17(18)19/h6,8,13,17H,4-5,7,9-10H2,1-3H3. The van der Waals surface area contributed by atoms with E-state index in [0.29, 0.717) is 17.4 Å². The average molecular weight is 431 g/mol. The maximum atomic E-state index is 13.0. The summed E-state index contributed by atoms with van der Waals surface area (Å²) >= 11 is 0. The highest BCUT2D eigenvalue weighted by Gasteiger charge is 2.37. The summed E-state index contributed by atoms with van der Waals surface area (Å²) in [5, 5.41) is 3.70. The van der Waals surface area contributed by atoms with Crippen molar-refractivity contribution in [3.8, 4) is 0 Å².